The number of thiophene rings is 1. The Bertz CT molecular complexity index is 935. The van der Waals surface area contributed by atoms with Crippen LogP contribution in [-0.4, -0.2) is 24.6 Å². The third-order valence-corrected chi connectivity index (χ3v) is 6.19. The van der Waals surface area contributed by atoms with Gasteiger partial charge in [-0.05, 0) is 42.0 Å². The Morgan fingerprint density at radius 1 is 1.17 bits per heavy atom. The van der Waals surface area contributed by atoms with Crippen molar-refractivity contribution in [2.24, 2.45) is 5.92 Å². The monoisotopic (exact) mass is 430 g/mol. The van der Waals surface area contributed by atoms with Gasteiger partial charge >= 0.3 is 0 Å². The van der Waals surface area contributed by atoms with E-state index in [9.17, 15) is 4.79 Å². The second kappa shape index (κ2) is 9.89. The molecule has 5 nitrogen and oxygen atoms in total. The molecule has 1 N–H and O–H groups in total. The lowest BCUT2D eigenvalue weighted by Gasteiger charge is -2.17. The largest absolute Gasteiger partial charge is 0.493 e. The molecule has 0 spiro atoms. The number of rotatable bonds is 9. The highest BCUT2D eigenvalue weighted by Crippen LogP contribution is 2.31. The van der Waals surface area contributed by atoms with Crippen molar-refractivity contribution in [1.29, 1.82) is 0 Å². The number of hydrogen-bond acceptors (Lipinski definition) is 6. The van der Waals surface area contributed by atoms with Crippen LogP contribution in [0.15, 0.2) is 41.1 Å². The van der Waals surface area contributed by atoms with Gasteiger partial charge in [-0.1, -0.05) is 26.0 Å². The minimum absolute atomic E-state index is 0.0559. The highest BCUT2D eigenvalue weighted by molar-refractivity contribution is 7.20. The van der Waals surface area contributed by atoms with E-state index in [2.05, 4.69) is 24.1 Å². The summed E-state index contributed by atoms with van der Waals surface area (Å²) in [6.07, 6.45) is 0.263. The Balaban J connectivity index is 1.60. The van der Waals surface area contributed by atoms with E-state index in [1.54, 1.807) is 29.8 Å². The van der Waals surface area contributed by atoms with E-state index in [0.717, 1.165) is 21.1 Å². The molecule has 3 aromatic rings. The van der Waals surface area contributed by atoms with Gasteiger partial charge < -0.3 is 14.8 Å². The number of benzene rings is 1. The normalized spacial score (nSPS) is 12.0. The summed E-state index contributed by atoms with van der Waals surface area (Å²) >= 11 is 3.22. The summed E-state index contributed by atoms with van der Waals surface area (Å²) < 4.78 is 11.3. The van der Waals surface area contributed by atoms with Crippen molar-refractivity contribution in [2.75, 3.05) is 13.7 Å². The van der Waals surface area contributed by atoms with Crippen molar-refractivity contribution < 1.29 is 14.3 Å². The Kier molecular flexibility index (Phi) is 7.28. The summed E-state index contributed by atoms with van der Waals surface area (Å²) in [6, 6.07) is 9.66. The van der Waals surface area contributed by atoms with E-state index >= 15 is 0 Å². The molecule has 0 saturated carbocycles. The molecular formula is C22H26N2O3S2. The van der Waals surface area contributed by atoms with E-state index in [0.29, 0.717) is 24.0 Å². The number of aromatic nitrogens is 1. The predicted molar refractivity (Wildman–Crippen MR) is 119 cm³/mol. The average molecular weight is 431 g/mol. The Hall–Kier alpha value is -2.38. The molecule has 0 aliphatic carbocycles. The van der Waals surface area contributed by atoms with Crippen LogP contribution in [0.25, 0.3) is 9.88 Å². The number of carbonyl (C=O) groups excluding carboxylic acids is 1. The first-order valence-corrected chi connectivity index (χ1v) is 11.3. The van der Waals surface area contributed by atoms with Crippen LogP contribution in [0.3, 0.4) is 0 Å². The maximum absolute atomic E-state index is 12.5. The summed E-state index contributed by atoms with van der Waals surface area (Å²) in [6.45, 7) is 6.79. The van der Waals surface area contributed by atoms with E-state index in [1.807, 2.05) is 48.0 Å². The molecule has 0 aliphatic heterocycles. The van der Waals surface area contributed by atoms with Crippen molar-refractivity contribution in [2.45, 2.75) is 33.2 Å². The molecule has 0 bridgehead atoms. The van der Waals surface area contributed by atoms with Crippen LogP contribution in [0.2, 0.25) is 0 Å². The molecule has 154 valence electrons. The first kappa shape index (κ1) is 21.3. The van der Waals surface area contributed by atoms with E-state index in [-0.39, 0.29) is 18.4 Å². The van der Waals surface area contributed by atoms with E-state index in [4.69, 9.17) is 9.47 Å². The summed E-state index contributed by atoms with van der Waals surface area (Å²) in [7, 11) is 1.62. The third-order valence-electron chi connectivity index (χ3n) is 4.26. The molecule has 0 fully saturated rings. The number of carbonyl (C=O) groups is 1. The zero-order chi connectivity index (χ0) is 20.8. The number of ether oxygens (including phenoxy) is 2. The lowest BCUT2D eigenvalue weighted by atomic mass is 10.1. The molecule has 29 heavy (non-hydrogen) atoms. The molecule has 2 heterocycles. The number of hydrogen-bond donors (Lipinski definition) is 1. The van der Waals surface area contributed by atoms with Gasteiger partial charge in [-0.3, -0.25) is 4.79 Å². The van der Waals surface area contributed by atoms with Gasteiger partial charge in [-0.2, -0.15) is 0 Å². The SMILES string of the molecule is COc1cc(C(C)NC(=O)Cc2csc(-c3cccs3)n2)ccc1OCC(C)C. The summed E-state index contributed by atoms with van der Waals surface area (Å²) in [4.78, 5) is 18.2. The number of thiazole rings is 1. The fourth-order valence-corrected chi connectivity index (χ4v) is 4.41. The third kappa shape index (κ3) is 5.81. The number of nitrogens with one attached hydrogen (secondary N) is 1. The fraction of sp³-hybridized carbons (Fsp3) is 0.364. The average Bonchev–Trinajstić information content (AvgIpc) is 3.37. The maximum Gasteiger partial charge on any atom is 0.226 e. The quantitative estimate of drug-likeness (QED) is 0.498. The van der Waals surface area contributed by atoms with Crippen molar-refractivity contribution in [3.63, 3.8) is 0 Å². The van der Waals surface area contributed by atoms with Gasteiger partial charge in [-0.15, -0.1) is 22.7 Å². The lowest BCUT2D eigenvalue weighted by Crippen LogP contribution is -2.28. The molecule has 0 aliphatic rings. The Labute approximate surface area is 179 Å². The smallest absolute Gasteiger partial charge is 0.226 e. The minimum Gasteiger partial charge on any atom is -0.493 e. The summed E-state index contributed by atoms with van der Waals surface area (Å²) in [5, 5.41) is 7.97. The zero-order valence-electron chi connectivity index (χ0n) is 17.1. The highest BCUT2D eigenvalue weighted by atomic mass is 32.1. The van der Waals surface area contributed by atoms with Crippen LogP contribution in [0, 0.1) is 5.92 Å². The van der Waals surface area contributed by atoms with E-state index < -0.39 is 0 Å². The minimum atomic E-state index is -0.147. The molecule has 2 aromatic heterocycles. The van der Waals surface area contributed by atoms with Crippen LogP contribution in [0.1, 0.15) is 38.1 Å². The van der Waals surface area contributed by atoms with Gasteiger partial charge in [0.2, 0.25) is 5.91 Å². The molecule has 0 radical (unpaired) electrons. The molecule has 0 saturated heterocycles. The van der Waals surface area contributed by atoms with Crippen LogP contribution >= 0.6 is 22.7 Å². The van der Waals surface area contributed by atoms with Gasteiger partial charge in [0.05, 0.1) is 36.8 Å². The van der Waals surface area contributed by atoms with Gasteiger partial charge in [0.25, 0.3) is 0 Å². The second-order valence-corrected chi connectivity index (χ2v) is 9.01. The van der Waals surface area contributed by atoms with Gasteiger partial charge in [0.15, 0.2) is 11.5 Å². The highest BCUT2D eigenvalue weighted by Gasteiger charge is 2.15. The molecular weight excluding hydrogens is 404 g/mol. The number of nitrogens with zero attached hydrogens (tertiary/aromatic N) is 1. The van der Waals surface area contributed by atoms with Crippen LogP contribution in [0.4, 0.5) is 0 Å². The summed E-state index contributed by atoms with van der Waals surface area (Å²) in [5.41, 5.74) is 1.75. The molecule has 1 atom stereocenters. The van der Waals surface area contributed by atoms with Gasteiger partial charge in [-0.25, -0.2) is 4.98 Å². The first-order valence-electron chi connectivity index (χ1n) is 9.54. The molecule has 7 heteroatoms. The van der Waals surface area contributed by atoms with Gasteiger partial charge in [0, 0.05) is 5.38 Å². The van der Waals surface area contributed by atoms with Crippen molar-refractivity contribution >= 4 is 28.6 Å². The molecule has 1 aromatic carbocycles. The molecule has 1 unspecified atom stereocenters. The van der Waals surface area contributed by atoms with Crippen molar-refractivity contribution in [1.82, 2.24) is 10.3 Å². The van der Waals surface area contributed by atoms with Crippen molar-refractivity contribution in [3.05, 3.63) is 52.3 Å². The maximum atomic E-state index is 12.5. The molecule has 1 amide bonds. The first-order chi connectivity index (χ1) is 14.0. The van der Waals surface area contributed by atoms with E-state index in [1.165, 1.54) is 0 Å². The Morgan fingerprint density at radius 3 is 2.69 bits per heavy atom. The Morgan fingerprint density at radius 2 is 2.00 bits per heavy atom. The van der Waals surface area contributed by atoms with Crippen LogP contribution < -0.4 is 14.8 Å². The lowest BCUT2D eigenvalue weighted by molar-refractivity contribution is -0.121. The van der Waals surface area contributed by atoms with Crippen LogP contribution in [-0.2, 0) is 11.2 Å². The molecule has 3 rings (SSSR count). The fourth-order valence-electron chi connectivity index (χ4n) is 2.77. The second-order valence-electron chi connectivity index (χ2n) is 7.20. The van der Waals surface area contributed by atoms with Crippen molar-refractivity contribution in [3.8, 4) is 21.4 Å². The standard InChI is InChI=1S/C22H26N2O3S2/c1-14(2)12-27-18-8-7-16(10-19(18)26-4)15(3)23-21(25)11-17-13-29-22(24-17)20-6-5-9-28-20/h5-10,13-15H,11-12H2,1-4H3,(H,23,25). The number of methoxy groups -OCH3 is 1. The zero-order valence-corrected chi connectivity index (χ0v) is 18.7. The topological polar surface area (TPSA) is 60.5 Å². The number of amides is 1. The summed E-state index contributed by atoms with van der Waals surface area (Å²) in [5.74, 6) is 1.76. The van der Waals surface area contributed by atoms with Crippen LogP contribution in [0.5, 0.6) is 11.5 Å². The van der Waals surface area contributed by atoms with Gasteiger partial charge in [0.1, 0.15) is 5.01 Å². The predicted octanol–water partition coefficient (Wildman–Crippen LogP) is 5.33.